The number of benzene rings is 1. The molecule has 0 aliphatic carbocycles. The molecule has 6 heteroatoms. The number of aromatic nitrogens is 2. The molecule has 2 N–H and O–H groups in total. The monoisotopic (exact) mass is 322 g/mol. The summed E-state index contributed by atoms with van der Waals surface area (Å²) in [5.74, 6) is 1.05. The molecule has 3 rings (SSSR count). The Morgan fingerprint density at radius 2 is 2.05 bits per heavy atom. The fourth-order valence-electron chi connectivity index (χ4n) is 2.82. The van der Waals surface area contributed by atoms with Gasteiger partial charge in [-0.25, -0.2) is 9.97 Å². The van der Waals surface area contributed by atoms with Gasteiger partial charge in [-0.3, -0.25) is 0 Å². The van der Waals surface area contributed by atoms with Crippen LogP contribution in [0.3, 0.4) is 0 Å². The standard InChI is InChI=1S/C15H16Cl2N4/c16-12-6-2-1-4-10(12)8-11-5-3-7-21(11)15-13(17)14(18)19-9-20-15/h1-2,4,6,9,11H,3,5,7-8H2,(H2,18,19,20). The molecule has 2 aromatic rings. The third-order valence-corrected chi connectivity index (χ3v) is 4.59. The summed E-state index contributed by atoms with van der Waals surface area (Å²) < 4.78 is 0. The molecule has 1 aromatic carbocycles. The van der Waals surface area contributed by atoms with E-state index in [1.165, 1.54) is 6.33 Å². The van der Waals surface area contributed by atoms with Gasteiger partial charge in [-0.15, -0.1) is 0 Å². The highest BCUT2D eigenvalue weighted by atomic mass is 35.5. The molecule has 1 aliphatic rings. The van der Waals surface area contributed by atoms with Crippen molar-refractivity contribution in [3.05, 3.63) is 46.2 Å². The molecule has 1 fully saturated rings. The van der Waals surface area contributed by atoms with Crippen molar-refractivity contribution in [1.82, 2.24) is 9.97 Å². The summed E-state index contributed by atoms with van der Waals surface area (Å²) in [4.78, 5) is 10.4. The van der Waals surface area contributed by atoms with Crippen molar-refractivity contribution in [2.75, 3.05) is 17.2 Å². The Hall–Kier alpha value is -1.52. The number of hydrogen-bond acceptors (Lipinski definition) is 4. The molecule has 0 radical (unpaired) electrons. The molecule has 0 amide bonds. The van der Waals surface area contributed by atoms with Gasteiger partial charge in [0.25, 0.3) is 0 Å². The Balaban J connectivity index is 1.86. The molecule has 1 aromatic heterocycles. The van der Waals surface area contributed by atoms with Gasteiger partial charge in [0, 0.05) is 17.6 Å². The fourth-order valence-corrected chi connectivity index (χ4v) is 3.24. The van der Waals surface area contributed by atoms with Gasteiger partial charge in [0.05, 0.1) is 0 Å². The van der Waals surface area contributed by atoms with Gasteiger partial charge in [0.15, 0.2) is 5.82 Å². The van der Waals surface area contributed by atoms with Gasteiger partial charge >= 0.3 is 0 Å². The number of anilines is 2. The van der Waals surface area contributed by atoms with Crippen LogP contribution in [-0.2, 0) is 6.42 Å². The first-order valence-electron chi connectivity index (χ1n) is 6.93. The van der Waals surface area contributed by atoms with Gasteiger partial charge in [-0.1, -0.05) is 41.4 Å². The van der Waals surface area contributed by atoms with E-state index in [0.717, 1.165) is 42.2 Å². The second-order valence-electron chi connectivity index (χ2n) is 5.18. The second kappa shape index (κ2) is 6.08. The summed E-state index contributed by atoms with van der Waals surface area (Å²) in [6.07, 6.45) is 4.53. The van der Waals surface area contributed by atoms with E-state index in [4.69, 9.17) is 28.9 Å². The summed E-state index contributed by atoms with van der Waals surface area (Å²) in [6.45, 7) is 0.922. The van der Waals surface area contributed by atoms with Crippen LogP contribution >= 0.6 is 23.2 Å². The zero-order valence-electron chi connectivity index (χ0n) is 11.5. The van der Waals surface area contributed by atoms with Gasteiger partial charge in [-0.05, 0) is 30.9 Å². The van der Waals surface area contributed by atoms with Crippen LogP contribution in [-0.4, -0.2) is 22.6 Å². The Morgan fingerprint density at radius 3 is 2.86 bits per heavy atom. The van der Waals surface area contributed by atoms with Crippen molar-refractivity contribution in [2.45, 2.75) is 25.3 Å². The maximum Gasteiger partial charge on any atom is 0.153 e. The highest BCUT2D eigenvalue weighted by Gasteiger charge is 2.28. The largest absolute Gasteiger partial charge is 0.382 e. The molecule has 1 atom stereocenters. The molecular weight excluding hydrogens is 307 g/mol. The minimum atomic E-state index is 0.324. The topological polar surface area (TPSA) is 55.0 Å². The van der Waals surface area contributed by atoms with Crippen LogP contribution in [0.1, 0.15) is 18.4 Å². The molecule has 0 spiro atoms. The first-order chi connectivity index (χ1) is 10.2. The van der Waals surface area contributed by atoms with Crippen LogP contribution in [0.25, 0.3) is 0 Å². The third-order valence-electron chi connectivity index (χ3n) is 3.86. The van der Waals surface area contributed by atoms with Crippen molar-refractivity contribution >= 4 is 34.8 Å². The SMILES string of the molecule is Nc1ncnc(N2CCCC2Cc2ccccc2Cl)c1Cl. The van der Waals surface area contributed by atoms with E-state index in [1.807, 2.05) is 18.2 Å². The lowest BCUT2D eigenvalue weighted by molar-refractivity contribution is 0.657. The van der Waals surface area contributed by atoms with Crippen LogP contribution in [0.15, 0.2) is 30.6 Å². The molecule has 2 heterocycles. The quantitative estimate of drug-likeness (QED) is 0.938. The van der Waals surface area contributed by atoms with Crippen molar-refractivity contribution in [3.8, 4) is 0 Å². The van der Waals surface area contributed by atoms with E-state index >= 15 is 0 Å². The average Bonchev–Trinajstić information content (AvgIpc) is 2.92. The zero-order chi connectivity index (χ0) is 14.8. The lowest BCUT2D eigenvalue weighted by Gasteiger charge is -2.27. The van der Waals surface area contributed by atoms with Crippen LogP contribution in [0.5, 0.6) is 0 Å². The van der Waals surface area contributed by atoms with Crippen molar-refractivity contribution < 1.29 is 0 Å². The summed E-state index contributed by atoms with van der Waals surface area (Å²) in [5, 5.41) is 1.24. The zero-order valence-corrected chi connectivity index (χ0v) is 13.0. The van der Waals surface area contributed by atoms with Gasteiger partial charge < -0.3 is 10.6 Å². The van der Waals surface area contributed by atoms with E-state index < -0.39 is 0 Å². The first-order valence-corrected chi connectivity index (χ1v) is 7.68. The molecular formula is C15H16Cl2N4. The second-order valence-corrected chi connectivity index (χ2v) is 5.97. The summed E-state index contributed by atoms with van der Waals surface area (Å²) in [5.41, 5.74) is 6.93. The van der Waals surface area contributed by atoms with Crippen LogP contribution in [0.4, 0.5) is 11.6 Å². The van der Waals surface area contributed by atoms with Crippen LogP contribution < -0.4 is 10.6 Å². The number of halogens is 2. The highest BCUT2D eigenvalue weighted by Crippen LogP contribution is 2.34. The molecule has 110 valence electrons. The molecule has 0 bridgehead atoms. The Kier molecular flexibility index (Phi) is 4.17. The van der Waals surface area contributed by atoms with E-state index in [2.05, 4.69) is 20.9 Å². The average molecular weight is 323 g/mol. The van der Waals surface area contributed by atoms with Crippen molar-refractivity contribution in [1.29, 1.82) is 0 Å². The Bertz CT molecular complexity index is 647. The summed E-state index contributed by atoms with van der Waals surface area (Å²) >= 11 is 12.5. The third kappa shape index (κ3) is 2.92. The van der Waals surface area contributed by atoms with Crippen molar-refractivity contribution in [2.24, 2.45) is 0 Å². The molecule has 0 saturated carbocycles. The predicted molar refractivity (Wildman–Crippen MR) is 87.0 cm³/mol. The van der Waals surface area contributed by atoms with Crippen LogP contribution in [0.2, 0.25) is 10.0 Å². The molecule has 4 nitrogen and oxygen atoms in total. The van der Waals surface area contributed by atoms with Crippen LogP contribution in [0, 0.1) is 0 Å². The Morgan fingerprint density at radius 1 is 1.24 bits per heavy atom. The molecule has 21 heavy (non-hydrogen) atoms. The highest BCUT2D eigenvalue weighted by molar-refractivity contribution is 6.35. The fraction of sp³-hybridized carbons (Fsp3) is 0.333. The number of nitrogens with zero attached hydrogens (tertiary/aromatic N) is 3. The minimum absolute atomic E-state index is 0.324. The maximum atomic E-state index is 6.26. The van der Waals surface area contributed by atoms with Gasteiger partial charge in [-0.2, -0.15) is 0 Å². The summed E-state index contributed by atoms with van der Waals surface area (Å²) in [7, 11) is 0. The summed E-state index contributed by atoms with van der Waals surface area (Å²) in [6, 6.07) is 8.27. The first kappa shape index (κ1) is 14.4. The number of hydrogen-bond donors (Lipinski definition) is 1. The lowest BCUT2D eigenvalue weighted by atomic mass is 10.0. The Labute approximate surface area is 133 Å². The van der Waals surface area contributed by atoms with E-state index in [-0.39, 0.29) is 0 Å². The van der Waals surface area contributed by atoms with E-state index in [0.29, 0.717) is 16.9 Å². The van der Waals surface area contributed by atoms with Gasteiger partial charge in [0.2, 0.25) is 0 Å². The smallest absolute Gasteiger partial charge is 0.153 e. The number of nitrogens with two attached hydrogens (primary N) is 1. The molecule has 1 aliphatic heterocycles. The van der Waals surface area contributed by atoms with E-state index in [9.17, 15) is 0 Å². The number of rotatable bonds is 3. The number of nitrogen functional groups attached to an aromatic ring is 1. The lowest BCUT2D eigenvalue weighted by Crippen LogP contribution is -2.32. The van der Waals surface area contributed by atoms with E-state index in [1.54, 1.807) is 0 Å². The minimum Gasteiger partial charge on any atom is -0.382 e. The normalized spacial score (nSPS) is 18.2. The maximum absolute atomic E-state index is 6.26. The van der Waals surface area contributed by atoms with Crippen molar-refractivity contribution in [3.63, 3.8) is 0 Å². The molecule has 1 unspecified atom stereocenters. The predicted octanol–water partition coefficient (Wildman–Crippen LogP) is 3.58. The molecule has 1 saturated heterocycles. The van der Waals surface area contributed by atoms with Gasteiger partial charge in [0.1, 0.15) is 17.2 Å².